The Balaban J connectivity index is 1.77. The Labute approximate surface area is 150 Å². The van der Waals surface area contributed by atoms with Crippen LogP contribution < -0.4 is 10.5 Å². The molecule has 0 spiro atoms. The maximum absolute atomic E-state index is 12.3. The van der Waals surface area contributed by atoms with Crippen LogP contribution in [-0.2, 0) is 6.42 Å². The maximum atomic E-state index is 12.3. The summed E-state index contributed by atoms with van der Waals surface area (Å²) in [5.74, 6) is 2.52. The molecule has 1 aliphatic rings. The lowest BCUT2D eigenvalue weighted by Gasteiger charge is -2.37. The molecular formula is C18H22N4O2S. The molecule has 0 amide bonds. The lowest BCUT2D eigenvalue weighted by Crippen LogP contribution is -2.36. The average Bonchev–Trinajstić information content (AvgIpc) is 3.21. The Morgan fingerprint density at radius 1 is 1.40 bits per heavy atom. The second-order valence-electron chi connectivity index (χ2n) is 6.81. The number of hydrogen-bond acceptors (Lipinski definition) is 6. The van der Waals surface area contributed by atoms with Crippen molar-refractivity contribution in [3.8, 4) is 0 Å². The number of rotatable bonds is 3. The molecule has 0 saturated carbocycles. The van der Waals surface area contributed by atoms with Crippen LogP contribution in [0.5, 0.6) is 0 Å². The molecular weight excluding hydrogens is 336 g/mol. The molecule has 0 bridgehead atoms. The normalized spacial score (nSPS) is 21.2. The number of furan rings is 1. The van der Waals surface area contributed by atoms with Gasteiger partial charge in [0, 0.05) is 18.3 Å². The highest BCUT2D eigenvalue weighted by molar-refractivity contribution is 7.20. The zero-order valence-electron chi connectivity index (χ0n) is 14.7. The van der Waals surface area contributed by atoms with Crippen molar-refractivity contribution in [3.63, 3.8) is 0 Å². The van der Waals surface area contributed by atoms with E-state index in [-0.39, 0.29) is 11.6 Å². The Bertz CT molecular complexity index is 958. The smallest absolute Gasteiger partial charge is 0.275 e. The van der Waals surface area contributed by atoms with Crippen LogP contribution in [0, 0.1) is 12.8 Å². The Morgan fingerprint density at radius 2 is 2.24 bits per heavy atom. The second kappa shape index (κ2) is 6.29. The molecule has 0 N–H and O–H groups in total. The fourth-order valence-electron chi connectivity index (χ4n) is 3.42. The summed E-state index contributed by atoms with van der Waals surface area (Å²) >= 11 is 1.48. The van der Waals surface area contributed by atoms with Gasteiger partial charge in [-0.25, -0.2) is 4.98 Å². The highest BCUT2D eigenvalue weighted by atomic mass is 32.1. The first-order valence-electron chi connectivity index (χ1n) is 8.78. The van der Waals surface area contributed by atoms with Crippen molar-refractivity contribution in [1.82, 2.24) is 14.6 Å². The van der Waals surface area contributed by atoms with E-state index in [4.69, 9.17) is 4.42 Å². The van der Waals surface area contributed by atoms with Gasteiger partial charge in [-0.05, 0) is 44.2 Å². The molecule has 6 nitrogen and oxygen atoms in total. The fourth-order valence-corrected chi connectivity index (χ4v) is 4.42. The van der Waals surface area contributed by atoms with Crippen molar-refractivity contribution in [1.29, 1.82) is 0 Å². The average molecular weight is 358 g/mol. The molecule has 2 atom stereocenters. The standard InChI is InChI=1S/C18H22N4O2S/c1-4-13-10-16(23)22-17(19-13)25-18(20-22)21-8-7-11(2)9-14(21)15-6-5-12(3)24-15/h5-6,10-11,14H,4,7-9H2,1-3H3. The van der Waals surface area contributed by atoms with E-state index in [1.54, 1.807) is 6.07 Å². The van der Waals surface area contributed by atoms with Crippen molar-refractivity contribution in [2.45, 2.75) is 46.1 Å². The molecule has 3 aromatic heterocycles. The van der Waals surface area contributed by atoms with E-state index in [1.165, 1.54) is 15.9 Å². The van der Waals surface area contributed by atoms with Crippen molar-refractivity contribution < 1.29 is 4.42 Å². The van der Waals surface area contributed by atoms with Gasteiger partial charge in [-0.2, -0.15) is 4.52 Å². The summed E-state index contributed by atoms with van der Waals surface area (Å²) in [5.41, 5.74) is 0.700. The largest absolute Gasteiger partial charge is 0.464 e. The quantitative estimate of drug-likeness (QED) is 0.716. The van der Waals surface area contributed by atoms with Gasteiger partial charge in [0.25, 0.3) is 5.56 Å². The minimum Gasteiger partial charge on any atom is -0.464 e. The van der Waals surface area contributed by atoms with Crippen molar-refractivity contribution in [2.75, 3.05) is 11.4 Å². The second-order valence-corrected chi connectivity index (χ2v) is 7.74. The highest BCUT2D eigenvalue weighted by Gasteiger charge is 2.32. The topological polar surface area (TPSA) is 63.6 Å². The van der Waals surface area contributed by atoms with Crippen LogP contribution >= 0.6 is 11.3 Å². The van der Waals surface area contributed by atoms with Gasteiger partial charge in [0.2, 0.25) is 10.1 Å². The molecule has 1 saturated heterocycles. The van der Waals surface area contributed by atoms with Gasteiger partial charge in [-0.15, -0.1) is 5.10 Å². The molecule has 4 rings (SSSR count). The molecule has 0 aromatic carbocycles. The number of hydrogen-bond donors (Lipinski definition) is 0. The first-order chi connectivity index (χ1) is 12.0. The molecule has 1 fully saturated rings. The van der Waals surface area contributed by atoms with E-state index in [9.17, 15) is 4.79 Å². The zero-order chi connectivity index (χ0) is 17.6. The van der Waals surface area contributed by atoms with E-state index < -0.39 is 0 Å². The first-order valence-corrected chi connectivity index (χ1v) is 9.59. The minimum atomic E-state index is -0.111. The lowest BCUT2D eigenvalue weighted by atomic mass is 9.91. The summed E-state index contributed by atoms with van der Waals surface area (Å²) in [7, 11) is 0. The van der Waals surface area contributed by atoms with Gasteiger partial charge >= 0.3 is 0 Å². The number of anilines is 1. The SMILES string of the molecule is CCc1cc(=O)n2nc(N3CCC(C)CC3c3ccc(C)o3)sc2n1. The Hall–Kier alpha value is -2.15. The summed E-state index contributed by atoms with van der Waals surface area (Å²) in [4.78, 5) is 19.8. The number of aromatic nitrogens is 3. The van der Waals surface area contributed by atoms with Gasteiger partial charge in [0.05, 0.1) is 6.04 Å². The summed E-state index contributed by atoms with van der Waals surface area (Å²) < 4.78 is 7.33. The fraction of sp³-hybridized carbons (Fsp3) is 0.500. The number of aryl methyl sites for hydroxylation is 2. The predicted octanol–water partition coefficient (Wildman–Crippen LogP) is 3.59. The number of piperidine rings is 1. The molecule has 132 valence electrons. The third-order valence-corrected chi connectivity index (χ3v) is 5.80. The monoisotopic (exact) mass is 358 g/mol. The van der Waals surface area contributed by atoms with Crippen molar-refractivity contribution in [2.24, 2.45) is 5.92 Å². The van der Waals surface area contributed by atoms with Crippen LogP contribution in [-0.4, -0.2) is 21.1 Å². The number of nitrogens with zero attached hydrogens (tertiary/aromatic N) is 4. The molecule has 7 heteroatoms. The van der Waals surface area contributed by atoms with Crippen molar-refractivity contribution >= 4 is 21.4 Å². The van der Waals surface area contributed by atoms with Gasteiger partial charge < -0.3 is 9.32 Å². The molecule has 0 aliphatic carbocycles. The van der Waals surface area contributed by atoms with E-state index in [2.05, 4.69) is 28.0 Å². The summed E-state index contributed by atoms with van der Waals surface area (Å²) in [6.45, 7) is 7.15. The van der Waals surface area contributed by atoms with E-state index >= 15 is 0 Å². The summed E-state index contributed by atoms with van der Waals surface area (Å²) in [5, 5.41) is 5.40. The molecule has 25 heavy (non-hydrogen) atoms. The van der Waals surface area contributed by atoms with Crippen LogP contribution in [0.15, 0.2) is 27.4 Å². The van der Waals surface area contributed by atoms with Gasteiger partial charge in [0.15, 0.2) is 0 Å². The lowest BCUT2D eigenvalue weighted by molar-refractivity contribution is 0.324. The predicted molar refractivity (Wildman–Crippen MR) is 98.4 cm³/mol. The van der Waals surface area contributed by atoms with Gasteiger partial charge in [-0.3, -0.25) is 4.79 Å². The van der Waals surface area contributed by atoms with E-state index in [0.29, 0.717) is 10.9 Å². The Morgan fingerprint density at radius 3 is 2.96 bits per heavy atom. The van der Waals surface area contributed by atoms with Crippen LogP contribution in [0.2, 0.25) is 0 Å². The minimum absolute atomic E-state index is 0.111. The molecule has 3 aromatic rings. The van der Waals surface area contributed by atoms with Gasteiger partial charge in [0.1, 0.15) is 11.5 Å². The van der Waals surface area contributed by atoms with Crippen LogP contribution in [0.3, 0.4) is 0 Å². The zero-order valence-corrected chi connectivity index (χ0v) is 15.5. The summed E-state index contributed by atoms with van der Waals surface area (Å²) in [6.07, 6.45) is 2.87. The third kappa shape index (κ3) is 2.97. The molecule has 1 aliphatic heterocycles. The third-order valence-electron chi connectivity index (χ3n) is 4.85. The van der Waals surface area contributed by atoms with Crippen LogP contribution in [0.4, 0.5) is 5.13 Å². The molecule has 4 heterocycles. The number of fused-ring (bicyclic) bond motifs is 1. The van der Waals surface area contributed by atoms with Gasteiger partial charge in [-0.1, -0.05) is 25.2 Å². The highest BCUT2D eigenvalue weighted by Crippen LogP contribution is 2.39. The van der Waals surface area contributed by atoms with E-state index in [1.807, 2.05) is 19.9 Å². The molecule has 2 unspecified atom stereocenters. The Kier molecular flexibility index (Phi) is 4.11. The van der Waals surface area contributed by atoms with Crippen molar-refractivity contribution in [3.05, 3.63) is 45.8 Å². The molecule has 0 radical (unpaired) electrons. The summed E-state index contributed by atoms with van der Waals surface area (Å²) in [6, 6.07) is 5.78. The van der Waals surface area contributed by atoms with E-state index in [0.717, 1.165) is 48.2 Å². The maximum Gasteiger partial charge on any atom is 0.275 e. The first kappa shape index (κ1) is 16.3. The van der Waals surface area contributed by atoms with Crippen LogP contribution in [0.25, 0.3) is 4.96 Å². The van der Waals surface area contributed by atoms with Crippen LogP contribution in [0.1, 0.15) is 49.9 Å².